The lowest BCUT2D eigenvalue weighted by atomic mass is 9.75. The maximum absolute atomic E-state index is 14.8. The molecule has 91 heavy (non-hydrogen) atoms. The highest BCUT2D eigenvalue weighted by atomic mass is 31.2. The number of carbonyl (C=O) groups excluding carboxylic acids is 10. The molecule has 0 aromatic heterocycles. The summed E-state index contributed by atoms with van der Waals surface area (Å²) in [5.41, 5.74) is -3.13. The Morgan fingerprint density at radius 3 is 1.98 bits per heavy atom. The molecule has 3 aliphatic rings. The van der Waals surface area contributed by atoms with Crippen LogP contribution < -0.4 is 37.2 Å². The predicted molar refractivity (Wildman–Crippen MR) is 333 cm³/mol. The summed E-state index contributed by atoms with van der Waals surface area (Å²) >= 11 is 0. The molecular formula is C66H83F2N8O14P. The third-order valence-electron chi connectivity index (χ3n) is 16.9. The van der Waals surface area contributed by atoms with Gasteiger partial charge in [0.05, 0.1) is 22.9 Å². The minimum absolute atomic E-state index is 0.0125. The number of imide groups is 2. The Balaban J connectivity index is 1.02. The van der Waals surface area contributed by atoms with Gasteiger partial charge in [0.15, 0.2) is 0 Å². The molecule has 7 atom stereocenters. The van der Waals surface area contributed by atoms with Crippen molar-refractivity contribution < 1.29 is 75.8 Å². The van der Waals surface area contributed by atoms with Gasteiger partial charge in [-0.05, 0) is 116 Å². The van der Waals surface area contributed by atoms with Crippen LogP contribution in [0.1, 0.15) is 164 Å². The largest absolute Gasteiger partial charge is 0.399 e. The Morgan fingerprint density at radius 1 is 0.692 bits per heavy atom. The van der Waals surface area contributed by atoms with Gasteiger partial charge in [-0.15, -0.1) is 0 Å². The van der Waals surface area contributed by atoms with Crippen molar-refractivity contribution in [1.82, 2.24) is 36.8 Å². The molecule has 2 heterocycles. The molecule has 4 aromatic rings. The van der Waals surface area contributed by atoms with Gasteiger partial charge in [-0.25, -0.2) is 0 Å². The van der Waals surface area contributed by atoms with Crippen molar-refractivity contribution in [3.8, 4) is 0 Å². The molecule has 22 nitrogen and oxygen atoms in total. The van der Waals surface area contributed by atoms with E-state index in [1.165, 1.54) is 18.2 Å². The van der Waals surface area contributed by atoms with E-state index in [9.17, 15) is 71.1 Å². The van der Waals surface area contributed by atoms with Gasteiger partial charge in [0.25, 0.3) is 17.7 Å². The number of rotatable bonds is 32. The fourth-order valence-corrected chi connectivity index (χ4v) is 12.1. The Morgan fingerprint density at radius 2 is 1.32 bits per heavy atom. The summed E-state index contributed by atoms with van der Waals surface area (Å²) < 4.78 is 47.6. The van der Waals surface area contributed by atoms with Gasteiger partial charge in [0.1, 0.15) is 30.8 Å². The number of piperidine rings is 1. The normalized spacial score (nSPS) is 18.5. The summed E-state index contributed by atoms with van der Waals surface area (Å²) in [6.07, 6.45) is 5.53. The molecule has 9 N–H and O–H groups in total. The molecule has 0 spiro atoms. The molecule has 1 aliphatic carbocycles. The average molecular weight is 1280 g/mol. The summed E-state index contributed by atoms with van der Waals surface area (Å²) in [4.78, 5) is 154. The smallest absolute Gasteiger partial charge is 0.368 e. The molecule has 1 saturated carbocycles. The molecule has 490 valence electrons. The lowest BCUT2D eigenvalue weighted by molar-refractivity contribution is -0.136. The van der Waals surface area contributed by atoms with Crippen LogP contribution in [0.3, 0.4) is 0 Å². The molecule has 1 saturated heterocycles. The van der Waals surface area contributed by atoms with Gasteiger partial charge in [-0.1, -0.05) is 120 Å². The first kappa shape index (κ1) is 70.4. The molecule has 7 rings (SSSR count). The van der Waals surface area contributed by atoms with Crippen molar-refractivity contribution >= 4 is 72.4 Å². The van der Waals surface area contributed by atoms with E-state index in [0.29, 0.717) is 61.5 Å². The Kier molecular flexibility index (Phi) is 25.4. The third kappa shape index (κ3) is 19.5. The first-order chi connectivity index (χ1) is 43.3. The van der Waals surface area contributed by atoms with Gasteiger partial charge in [0.2, 0.25) is 41.4 Å². The Hall–Kier alpha value is -8.05. The number of hydrogen-bond acceptors (Lipinski definition) is 12. The van der Waals surface area contributed by atoms with E-state index < -0.39 is 96.2 Å². The van der Waals surface area contributed by atoms with Crippen LogP contribution >= 0.6 is 7.60 Å². The van der Waals surface area contributed by atoms with E-state index in [2.05, 4.69) is 58.0 Å². The van der Waals surface area contributed by atoms with Crippen molar-refractivity contribution in [2.45, 2.75) is 166 Å². The monoisotopic (exact) mass is 1280 g/mol. The van der Waals surface area contributed by atoms with Gasteiger partial charge in [-0.3, -0.25) is 62.7 Å². The Bertz CT molecular complexity index is 3310. The quantitative estimate of drug-likeness (QED) is 0.0136. The second-order valence-corrected chi connectivity index (χ2v) is 25.7. The lowest BCUT2D eigenvalue weighted by Crippen LogP contribution is -2.58. The summed E-state index contributed by atoms with van der Waals surface area (Å²) in [7, 11) is -5.95. The number of carbonyl (C=O) groups is 10. The molecular weight excluding hydrogens is 1200 g/mol. The average Bonchev–Trinajstić information content (AvgIpc) is 1.63. The number of nitrogens with zero attached hydrogens (tertiary/aromatic N) is 1. The summed E-state index contributed by atoms with van der Waals surface area (Å²) in [5, 5.41) is 18.9. The maximum atomic E-state index is 14.8. The summed E-state index contributed by atoms with van der Waals surface area (Å²) in [5.74, 6) is -5.44. The lowest BCUT2D eigenvalue weighted by Gasteiger charge is -2.37. The fourth-order valence-electron chi connectivity index (χ4n) is 11.7. The summed E-state index contributed by atoms with van der Waals surface area (Å²) in [6.45, 7) is 8.36. The van der Waals surface area contributed by atoms with Crippen LogP contribution in [0.15, 0.2) is 97.1 Å². The highest BCUT2D eigenvalue weighted by Crippen LogP contribution is 2.59. The molecule has 2 aliphatic heterocycles. The number of unbranched alkanes of at least 4 members (excludes halogenated alkanes) is 4. The molecule has 4 aromatic carbocycles. The maximum Gasteiger partial charge on any atom is 0.399 e. The number of amides is 10. The number of nitrogens with one attached hydrogen (secondary N) is 7. The number of ether oxygens (including phenoxy) is 1. The molecule has 2 fully saturated rings. The first-order valence-corrected chi connectivity index (χ1v) is 32.8. The van der Waals surface area contributed by atoms with Crippen LogP contribution in [0, 0.1) is 17.8 Å². The number of anilines is 1. The number of benzene rings is 4. The molecule has 0 bridgehead atoms. The molecule has 25 heteroatoms. The van der Waals surface area contributed by atoms with Gasteiger partial charge >= 0.3 is 13.3 Å². The number of alkyl halides is 2. The minimum atomic E-state index is -5.95. The van der Waals surface area contributed by atoms with E-state index in [1.807, 2.05) is 19.1 Å². The number of hydrogen-bond donors (Lipinski definition) is 9. The van der Waals surface area contributed by atoms with Crippen LogP contribution in [-0.4, -0.2) is 124 Å². The second kappa shape index (κ2) is 32.8. The zero-order valence-corrected chi connectivity index (χ0v) is 52.6. The predicted octanol–water partition coefficient (Wildman–Crippen LogP) is 6.90. The van der Waals surface area contributed by atoms with Crippen LogP contribution in [0.5, 0.6) is 0 Å². The highest BCUT2D eigenvalue weighted by molar-refractivity contribution is 7.52. The number of aryl methyl sites for hydroxylation is 1. The number of fused-ring (bicyclic) bond motifs is 1. The molecule has 1 unspecified atom stereocenters. The number of halogens is 2. The van der Waals surface area contributed by atoms with E-state index in [0.717, 1.165) is 60.4 Å². The van der Waals surface area contributed by atoms with E-state index in [-0.39, 0.29) is 98.5 Å². The Labute approximate surface area is 528 Å². The van der Waals surface area contributed by atoms with Crippen molar-refractivity contribution in [2.24, 2.45) is 17.8 Å². The van der Waals surface area contributed by atoms with Crippen LogP contribution in [0.25, 0.3) is 0 Å². The highest BCUT2D eigenvalue weighted by Gasteiger charge is 2.50. The van der Waals surface area contributed by atoms with Gasteiger partial charge < -0.3 is 46.4 Å². The van der Waals surface area contributed by atoms with Gasteiger partial charge in [0, 0.05) is 49.9 Å². The second-order valence-electron chi connectivity index (χ2n) is 24.1. The van der Waals surface area contributed by atoms with E-state index in [4.69, 9.17) is 4.74 Å². The zero-order valence-electron chi connectivity index (χ0n) is 51.7. The van der Waals surface area contributed by atoms with Crippen molar-refractivity contribution in [2.75, 3.05) is 25.0 Å². The summed E-state index contributed by atoms with van der Waals surface area (Å²) in [6, 6.07) is 19.0. The first-order valence-electron chi connectivity index (χ1n) is 31.2. The SMILES string of the molecule is CCc1ccc(C(=O)NCCCC[C@H](NC(=O)[C@H](Cc2ccc(C(F)(F)P(=O)(O)O)cc2)NC(=O)[C@H](Cc2ccccc2)NC(=O)CO[C@H]2C[C@@H](C)CC[C@@H]2C(C)C)C(=O)NCCCCCCC(=O)Nc2cccc3c2C(=O)N(C2CCC(=O)NC2=O)C3=O)cc1. The fraction of sp³-hybridized carbons (Fsp3) is 0.485. The van der Waals surface area contributed by atoms with E-state index >= 15 is 0 Å². The van der Waals surface area contributed by atoms with Crippen molar-refractivity contribution in [1.29, 1.82) is 0 Å². The van der Waals surface area contributed by atoms with E-state index in [1.54, 1.807) is 42.5 Å². The van der Waals surface area contributed by atoms with Crippen molar-refractivity contribution in [3.63, 3.8) is 0 Å². The van der Waals surface area contributed by atoms with Crippen LogP contribution in [0.4, 0.5) is 14.5 Å². The molecule has 10 amide bonds. The van der Waals surface area contributed by atoms with Crippen molar-refractivity contribution in [3.05, 3.63) is 136 Å². The minimum Gasteiger partial charge on any atom is -0.368 e. The van der Waals surface area contributed by atoms with Crippen LogP contribution in [-0.2, 0) is 67.8 Å². The van der Waals surface area contributed by atoms with Crippen LogP contribution in [0.2, 0.25) is 0 Å². The third-order valence-corrected chi connectivity index (χ3v) is 17.9. The molecule has 0 radical (unpaired) electrons. The standard InChI is InChI=1S/C66H83F2N8O14P/c1-5-42-23-27-45(28-24-42)59(80)69-35-14-12-19-50(60(81)70-34-13-7-6-11-21-55(77)71-49-20-15-18-48-58(49)65(86)76(64(48)85)53-32-33-56(78)75-63(53)84)73-62(83)52(38-44-25-29-46(30-26-44)66(67,68)91(87,88)89)74-61(82)51(37-43-16-9-8-10-17-43)72-57(79)39-90-54-36-41(4)22-31-47(54)40(2)3/h8-10,15-18,20,23-30,40-41,47,50-54H,5-7,11-14,19,21-22,31-39H2,1-4H3,(H,69,80)(H,70,81)(H,71,77)(H,72,79)(H,73,83)(H,74,82)(H,75,78,84)(H2,87,88,89)/t41-,47+,50-,51-,52-,53?,54-/m0/s1. The topological polar surface area (TPSA) is 325 Å². The van der Waals surface area contributed by atoms with Gasteiger partial charge in [-0.2, -0.15) is 8.78 Å². The zero-order chi connectivity index (χ0) is 66.0.